The van der Waals surface area contributed by atoms with Crippen molar-refractivity contribution in [2.24, 2.45) is 0 Å². The van der Waals surface area contributed by atoms with E-state index in [0.717, 1.165) is 0 Å². The molecule has 0 bridgehead atoms. The maximum atomic E-state index is 12.1. The number of phenolic OH excluding ortho intramolecular Hbond substituents is 1. The summed E-state index contributed by atoms with van der Waals surface area (Å²) in [5.74, 6) is -1.45. The van der Waals surface area contributed by atoms with E-state index in [1.165, 1.54) is 30.3 Å². The lowest BCUT2D eigenvalue weighted by molar-refractivity contribution is 0.0698. The molecule has 0 fully saturated rings. The van der Waals surface area contributed by atoms with Crippen molar-refractivity contribution in [2.45, 2.75) is 6.92 Å². The minimum atomic E-state index is -1.11. The van der Waals surface area contributed by atoms with Crippen LogP contribution in [-0.4, -0.2) is 22.1 Å². The molecule has 0 unspecified atom stereocenters. The molecule has 5 nitrogen and oxygen atoms in total. The van der Waals surface area contributed by atoms with E-state index in [0.29, 0.717) is 11.1 Å². The molecular weight excluding hydrogens is 258 g/mol. The summed E-state index contributed by atoms with van der Waals surface area (Å²) in [6.45, 7) is 1.69. The fourth-order valence-electron chi connectivity index (χ4n) is 1.87. The second-order valence-corrected chi connectivity index (χ2v) is 4.30. The number of nitrogens with one attached hydrogen (secondary N) is 1. The van der Waals surface area contributed by atoms with Gasteiger partial charge in [0, 0.05) is 5.56 Å². The molecule has 0 saturated carbocycles. The number of benzene rings is 2. The Morgan fingerprint density at radius 1 is 1.05 bits per heavy atom. The Balaban J connectivity index is 2.30. The van der Waals surface area contributed by atoms with Crippen molar-refractivity contribution in [1.82, 2.24) is 0 Å². The summed E-state index contributed by atoms with van der Waals surface area (Å²) in [4.78, 5) is 23.2. The van der Waals surface area contributed by atoms with Crippen LogP contribution in [0.2, 0.25) is 0 Å². The number of aryl methyl sites for hydroxylation is 1. The van der Waals surface area contributed by atoms with Gasteiger partial charge in [-0.3, -0.25) is 4.79 Å². The number of amides is 1. The lowest BCUT2D eigenvalue weighted by Gasteiger charge is -2.10. The third kappa shape index (κ3) is 2.77. The topological polar surface area (TPSA) is 86.6 Å². The number of carbonyl (C=O) groups excluding carboxylic acids is 1. The van der Waals surface area contributed by atoms with E-state index in [-0.39, 0.29) is 17.0 Å². The van der Waals surface area contributed by atoms with E-state index in [4.69, 9.17) is 5.11 Å². The quantitative estimate of drug-likeness (QED) is 0.801. The largest absolute Gasteiger partial charge is 0.508 e. The summed E-state index contributed by atoms with van der Waals surface area (Å²) < 4.78 is 0. The van der Waals surface area contributed by atoms with Crippen LogP contribution in [0, 0.1) is 6.92 Å². The first-order chi connectivity index (χ1) is 9.49. The highest BCUT2D eigenvalue weighted by Crippen LogP contribution is 2.19. The van der Waals surface area contributed by atoms with Gasteiger partial charge in [0.15, 0.2) is 0 Å². The van der Waals surface area contributed by atoms with E-state index in [1.807, 2.05) is 0 Å². The van der Waals surface area contributed by atoms with Crippen LogP contribution in [0.15, 0.2) is 42.5 Å². The SMILES string of the molecule is Cc1cc(O)ccc1C(=O)Nc1ccccc1C(=O)O. The molecule has 0 heterocycles. The first-order valence-electron chi connectivity index (χ1n) is 5.92. The average Bonchev–Trinajstić information content (AvgIpc) is 2.38. The van der Waals surface area contributed by atoms with E-state index in [9.17, 15) is 14.7 Å². The van der Waals surface area contributed by atoms with Crippen LogP contribution in [0.4, 0.5) is 5.69 Å². The molecule has 0 aromatic heterocycles. The normalized spacial score (nSPS) is 10.1. The number of aromatic carboxylic acids is 1. The van der Waals surface area contributed by atoms with E-state index < -0.39 is 11.9 Å². The predicted molar refractivity (Wildman–Crippen MR) is 74.2 cm³/mol. The molecule has 2 aromatic rings. The van der Waals surface area contributed by atoms with Gasteiger partial charge < -0.3 is 15.5 Å². The molecule has 2 rings (SSSR count). The number of hydrogen-bond donors (Lipinski definition) is 3. The van der Waals surface area contributed by atoms with Gasteiger partial charge in [0.05, 0.1) is 11.3 Å². The number of carboxylic acids is 1. The number of hydrogen-bond acceptors (Lipinski definition) is 3. The second-order valence-electron chi connectivity index (χ2n) is 4.30. The van der Waals surface area contributed by atoms with Gasteiger partial charge in [-0.15, -0.1) is 0 Å². The molecule has 0 atom stereocenters. The Morgan fingerprint density at radius 2 is 1.75 bits per heavy atom. The van der Waals surface area contributed by atoms with Crippen molar-refractivity contribution >= 4 is 17.6 Å². The van der Waals surface area contributed by atoms with Crippen molar-refractivity contribution in [1.29, 1.82) is 0 Å². The van der Waals surface area contributed by atoms with Gasteiger partial charge in [-0.1, -0.05) is 12.1 Å². The Hall–Kier alpha value is -2.82. The highest BCUT2D eigenvalue weighted by Gasteiger charge is 2.14. The molecule has 2 aromatic carbocycles. The lowest BCUT2D eigenvalue weighted by atomic mass is 10.1. The van der Waals surface area contributed by atoms with Gasteiger partial charge in [0.1, 0.15) is 5.75 Å². The summed E-state index contributed by atoms with van der Waals surface area (Å²) in [5, 5.41) is 20.9. The van der Waals surface area contributed by atoms with Crippen LogP contribution in [0.5, 0.6) is 5.75 Å². The summed E-state index contributed by atoms with van der Waals surface area (Å²) in [6.07, 6.45) is 0. The minimum absolute atomic E-state index is 0.0253. The van der Waals surface area contributed by atoms with E-state index >= 15 is 0 Å². The molecule has 1 amide bonds. The second kappa shape index (κ2) is 5.44. The minimum Gasteiger partial charge on any atom is -0.508 e. The maximum Gasteiger partial charge on any atom is 0.337 e. The molecule has 0 spiro atoms. The van der Waals surface area contributed by atoms with Crippen LogP contribution < -0.4 is 5.32 Å². The number of para-hydroxylation sites is 1. The molecule has 5 heteroatoms. The first-order valence-corrected chi connectivity index (χ1v) is 5.92. The van der Waals surface area contributed by atoms with Gasteiger partial charge in [-0.05, 0) is 42.8 Å². The van der Waals surface area contributed by atoms with Gasteiger partial charge in [0.25, 0.3) is 5.91 Å². The van der Waals surface area contributed by atoms with Crippen LogP contribution in [0.1, 0.15) is 26.3 Å². The fraction of sp³-hybridized carbons (Fsp3) is 0.0667. The smallest absolute Gasteiger partial charge is 0.337 e. The van der Waals surface area contributed by atoms with Crippen LogP contribution in [0.25, 0.3) is 0 Å². The highest BCUT2D eigenvalue weighted by molar-refractivity contribution is 6.08. The predicted octanol–water partition coefficient (Wildman–Crippen LogP) is 2.65. The van der Waals surface area contributed by atoms with Crippen molar-refractivity contribution in [3.63, 3.8) is 0 Å². The Labute approximate surface area is 115 Å². The van der Waals surface area contributed by atoms with Crippen LogP contribution in [0.3, 0.4) is 0 Å². The van der Waals surface area contributed by atoms with Gasteiger partial charge in [0.2, 0.25) is 0 Å². The maximum absolute atomic E-state index is 12.1. The molecule has 0 aliphatic rings. The van der Waals surface area contributed by atoms with E-state index in [2.05, 4.69) is 5.32 Å². The lowest BCUT2D eigenvalue weighted by Crippen LogP contribution is -2.15. The summed E-state index contributed by atoms with van der Waals surface area (Å²) >= 11 is 0. The molecule has 102 valence electrons. The monoisotopic (exact) mass is 271 g/mol. The van der Waals surface area contributed by atoms with Crippen molar-refractivity contribution in [2.75, 3.05) is 5.32 Å². The molecule has 0 aliphatic carbocycles. The molecule has 20 heavy (non-hydrogen) atoms. The Morgan fingerprint density at radius 3 is 2.40 bits per heavy atom. The van der Waals surface area contributed by atoms with Crippen molar-refractivity contribution in [3.8, 4) is 5.75 Å². The highest BCUT2D eigenvalue weighted by atomic mass is 16.4. The van der Waals surface area contributed by atoms with Crippen LogP contribution in [-0.2, 0) is 0 Å². The van der Waals surface area contributed by atoms with Gasteiger partial charge in [-0.2, -0.15) is 0 Å². The van der Waals surface area contributed by atoms with Crippen LogP contribution >= 0.6 is 0 Å². The third-order valence-electron chi connectivity index (χ3n) is 2.86. The Bertz CT molecular complexity index is 679. The zero-order valence-corrected chi connectivity index (χ0v) is 10.8. The zero-order valence-electron chi connectivity index (χ0n) is 10.8. The summed E-state index contributed by atoms with van der Waals surface area (Å²) in [5.41, 5.74) is 1.24. The molecule has 0 saturated heterocycles. The molecule has 0 radical (unpaired) electrons. The Kier molecular flexibility index (Phi) is 3.70. The van der Waals surface area contributed by atoms with Crippen molar-refractivity contribution < 1.29 is 19.8 Å². The van der Waals surface area contributed by atoms with Gasteiger partial charge >= 0.3 is 5.97 Å². The standard InChI is InChI=1S/C15H13NO4/c1-9-8-10(17)6-7-11(9)14(18)16-13-5-3-2-4-12(13)15(19)20/h2-8,17H,1H3,(H,16,18)(H,19,20). The number of carboxylic acid groups (broad SMARTS) is 1. The fourth-order valence-corrected chi connectivity index (χ4v) is 1.87. The van der Waals surface area contributed by atoms with Crippen molar-refractivity contribution in [3.05, 3.63) is 59.2 Å². The van der Waals surface area contributed by atoms with Gasteiger partial charge in [-0.25, -0.2) is 4.79 Å². The first kappa shape index (κ1) is 13.6. The molecule has 3 N–H and O–H groups in total. The average molecular weight is 271 g/mol. The zero-order chi connectivity index (χ0) is 14.7. The van der Waals surface area contributed by atoms with E-state index in [1.54, 1.807) is 19.1 Å². The number of phenols is 1. The summed E-state index contributed by atoms with van der Waals surface area (Å²) in [7, 11) is 0. The third-order valence-corrected chi connectivity index (χ3v) is 2.86. The molecule has 0 aliphatic heterocycles. The number of rotatable bonds is 3. The number of carbonyl (C=O) groups is 2. The summed E-state index contributed by atoms with van der Waals surface area (Å²) in [6, 6.07) is 10.5. The number of anilines is 1. The molecular formula is C15H13NO4. The number of aromatic hydroxyl groups is 1.